The number of benzene rings is 2. The third kappa shape index (κ3) is 4.90. The normalized spacial score (nSPS) is 13.7. The van der Waals surface area contributed by atoms with Crippen LogP contribution in [0.4, 0.5) is 11.4 Å². The Morgan fingerprint density at radius 1 is 1.06 bits per heavy atom. The highest BCUT2D eigenvalue weighted by Crippen LogP contribution is 2.20. The fourth-order valence-corrected chi connectivity index (χ4v) is 4.04. The van der Waals surface area contributed by atoms with Crippen LogP contribution in [0.2, 0.25) is 0 Å². The zero-order valence-corrected chi connectivity index (χ0v) is 18.9. The fourth-order valence-electron chi connectivity index (χ4n) is 4.04. The number of likely N-dealkylation sites (N-methyl/N-ethyl adjacent to an activating group) is 1. The molecule has 4 rings (SSSR count). The zero-order valence-electron chi connectivity index (χ0n) is 18.9. The molecule has 0 atom stereocenters. The number of aryl methyl sites for hydroxylation is 1. The van der Waals surface area contributed by atoms with Gasteiger partial charge in [0.25, 0.3) is 11.5 Å². The van der Waals surface area contributed by atoms with Crippen molar-refractivity contribution in [2.45, 2.75) is 6.92 Å². The number of hydrogen-bond acceptors (Lipinski definition) is 5. The molecule has 1 aliphatic rings. The van der Waals surface area contributed by atoms with Gasteiger partial charge in [0.15, 0.2) is 0 Å². The van der Waals surface area contributed by atoms with Crippen LogP contribution >= 0.6 is 0 Å². The number of anilines is 2. The quantitative estimate of drug-likeness (QED) is 0.626. The number of nitrogens with zero attached hydrogens (tertiary/aromatic N) is 3. The van der Waals surface area contributed by atoms with Gasteiger partial charge in [-0.2, -0.15) is 0 Å². The van der Waals surface area contributed by atoms with Gasteiger partial charge in [0, 0.05) is 49.5 Å². The molecule has 0 spiro atoms. The molecule has 2 aromatic carbocycles. The van der Waals surface area contributed by atoms with Gasteiger partial charge >= 0.3 is 0 Å². The summed E-state index contributed by atoms with van der Waals surface area (Å²) in [6.07, 6.45) is 0. The average Bonchev–Trinajstić information content (AvgIpc) is 2.85. The summed E-state index contributed by atoms with van der Waals surface area (Å²) in [5.74, 6) is -0.637. The van der Waals surface area contributed by atoms with Gasteiger partial charge in [-0.15, -0.1) is 0 Å². The molecule has 0 saturated carbocycles. The summed E-state index contributed by atoms with van der Waals surface area (Å²) in [6.45, 7) is 5.15. The van der Waals surface area contributed by atoms with E-state index in [1.165, 1.54) is 15.5 Å². The summed E-state index contributed by atoms with van der Waals surface area (Å²) in [4.78, 5) is 42.0. The zero-order chi connectivity index (χ0) is 23.4. The van der Waals surface area contributed by atoms with Crippen LogP contribution in [-0.2, 0) is 16.6 Å². The number of fused-ring (bicyclic) bond motifs is 1. The number of amides is 2. The summed E-state index contributed by atoms with van der Waals surface area (Å²) in [7, 11) is 1.67. The highest BCUT2D eigenvalue weighted by atomic mass is 16.5. The monoisotopic (exact) mass is 448 g/mol. The standard InChI is InChI=1S/C25H28N4O4/c1-3-28(25(32)21-16-24(31)27(2)22-7-5-4-6-20(21)22)17-23(30)26-18-8-10-19(11-9-18)29-12-14-33-15-13-29/h4-11,16H,3,12-15,17H2,1-2H3,(H,26,30). The van der Waals surface area contributed by atoms with Gasteiger partial charge in [0.1, 0.15) is 6.54 Å². The number of carbonyl (C=O) groups excluding carboxylic acids is 2. The number of nitrogens with one attached hydrogen (secondary N) is 1. The second-order valence-corrected chi connectivity index (χ2v) is 7.99. The van der Waals surface area contributed by atoms with Gasteiger partial charge in [0.05, 0.1) is 24.3 Å². The minimum atomic E-state index is -0.343. The molecule has 1 aliphatic heterocycles. The van der Waals surface area contributed by atoms with Crippen molar-refractivity contribution < 1.29 is 14.3 Å². The van der Waals surface area contributed by atoms with Crippen LogP contribution in [0.25, 0.3) is 10.9 Å². The summed E-state index contributed by atoms with van der Waals surface area (Å²) in [5.41, 5.74) is 2.46. The van der Waals surface area contributed by atoms with Crippen molar-refractivity contribution in [3.63, 3.8) is 0 Å². The van der Waals surface area contributed by atoms with Crippen molar-refractivity contribution in [3.05, 3.63) is 70.5 Å². The molecular formula is C25H28N4O4. The molecule has 1 saturated heterocycles. The first-order chi connectivity index (χ1) is 16.0. The maximum atomic E-state index is 13.2. The first-order valence-electron chi connectivity index (χ1n) is 11.1. The van der Waals surface area contributed by atoms with Crippen molar-refractivity contribution in [2.24, 2.45) is 7.05 Å². The highest BCUT2D eigenvalue weighted by Gasteiger charge is 2.21. The average molecular weight is 449 g/mol. The summed E-state index contributed by atoms with van der Waals surface area (Å²) >= 11 is 0. The lowest BCUT2D eigenvalue weighted by atomic mass is 10.1. The number of hydrogen-bond donors (Lipinski definition) is 1. The van der Waals surface area contributed by atoms with Gasteiger partial charge in [-0.3, -0.25) is 14.4 Å². The van der Waals surface area contributed by atoms with E-state index >= 15 is 0 Å². The molecule has 0 aliphatic carbocycles. The van der Waals surface area contributed by atoms with Crippen LogP contribution in [0.15, 0.2) is 59.4 Å². The third-order valence-corrected chi connectivity index (χ3v) is 5.92. The van der Waals surface area contributed by atoms with Crippen LogP contribution in [0.3, 0.4) is 0 Å². The summed E-state index contributed by atoms with van der Waals surface area (Å²) < 4.78 is 6.89. The number of rotatable bonds is 6. The molecular weight excluding hydrogens is 420 g/mol. The smallest absolute Gasteiger partial charge is 0.255 e. The molecule has 33 heavy (non-hydrogen) atoms. The van der Waals surface area contributed by atoms with Crippen molar-refractivity contribution in [3.8, 4) is 0 Å². The van der Waals surface area contributed by atoms with E-state index in [2.05, 4.69) is 10.2 Å². The molecule has 1 N–H and O–H groups in total. The number of ether oxygens (including phenoxy) is 1. The molecule has 0 bridgehead atoms. The molecule has 1 fully saturated rings. The number of carbonyl (C=O) groups is 2. The van der Waals surface area contributed by atoms with Gasteiger partial charge in [-0.1, -0.05) is 18.2 Å². The Labute approximate surface area is 192 Å². The topological polar surface area (TPSA) is 83.9 Å². The Bertz CT molecular complexity index is 1210. The molecule has 0 radical (unpaired) electrons. The molecule has 172 valence electrons. The number of morpholine rings is 1. The lowest BCUT2D eigenvalue weighted by Gasteiger charge is -2.29. The van der Waals surface area contributed by atoms with E-state index in [1.807, 2.05) is 49.4 Å². The summed E-state index contributed by atoms with van der Waals surface area (Å²) in [5, 5.41) is 3.54. The Morgan fingerprint density at radius 3 is 2.45 bits per heavy atom. The molecule has 8 heteroatoms. The highest BCUT2D eigenvalue weighted by molar-refractivity contribution is 6.07. The SMILES string of the molecule is CCN(CC(=O)Nc1ccc(N2CCOCC2)cc1)C(=O)c1cc(=O)n(C)c2ccccc12. The van der Waals surface area contributed by atoms with E-state index in [1.54, 1.807) is 13.1 Å². The van der Waals surface area contributed by atoms with Crippen LogP contribution in [0.5, 0.6) is 0 Å². The second kappa shape index (κ2) is 9.87. The van der Waals surface area contributed by atoms with Gasteiger partial charge < -0.3 is 24.4 Å². The number of aromatic nitrogens is 1. The van der Waals surface area contributed by atoms with Crippen LogP contribution < -0.4 is 15.8 Å². The molecule has 0 unspecified atom stereocenters. The van der Waals surface area contributed by atoms with E-state index in [-0.39, 0.29) is 23.9 Å². The first kappa shape index (κ1) is 22.5. The van der Waals surface area contributed by atoms with E-state index in [0.717, 1.165) is 18.8 Å². The maximum Gasteiger partial charge on any atom is 0.255 e. The maximum absolute atomic E-state index is 13.2. The third-order valence-electron chi connectivity index (χ3n) is 5.92. The molecule has 3 aromatic rings. The largest absolute Gasteiger partial charge is 0.378 e. The molecule has 8 nitrogen and oxygen atoms in total. The molecule has 2 heterocycles. The van der Waals surface area contributed by atoms with E-state index in [9.17, 15) is 14.4 Å². The second-order valence-electron chi connectivity index (χ2n) is 7.99. The van der Waals surface area contributed by atoms with Crippen molar-refractivity contribution >= 4 is 34.1 Å². The summed E-state index contributed by atoms with van der Waals surface area (Å²) in [6, 6.07) is 16.3. The molecule has 2 amide bonds. The lowest BCUT2D eigenvalue weighted by Crippen LogP contribution is -2.38. The van der Waals surface area contributed by atoms with Crippen molar-refractivity contribution in [1.29, 1.82) is 0 Å². The van der Waals surface area contributed by atoms with Gasteiger partial charge in [-0.05, 0) is 37.3 Å². The lowest BCUT2D eigenvalue weighted by molar-refractivity contribution is -0.116. The van der Waals surface area contributed by atoms with Gasteiger partial charge in [-0.25, -0.2) is 0 Å². The first-order valence-corrected chi connectivity index (χ1v) is 11.1. The Hall–Kier alpha value is -3.65. The fraction of sp³-hybridized carbons (Fsp3) is 0.320. The Balaban J connectivity index is 1.46. The van der Waals surface area contributed by atoms with Gasteiger partial charge in [0.2, 0.25) is 5.91 Å². The predicted octanol–water partition coefficient (Wildman–Crippen LogP) is 2.48. The molecule has 1 aromatic heterocycles. The minimum absolute atomic E-state index is 0.107. The number of pyridine rings is 1. The van der Waals surface area contributed by atoms with Crippen molar-refractivity contribution in [2.75, 3.05) is 49.6 Å². The van der Waals surface area contributed by atoms with E-state index < -0.39 is 0 Å². The minimum Gasteiger partial charge on any atom is -0.378 e. The van der Waals surface area contributed by atoms with E-state index in [0.29, 0.717) is 41.9 Å². The van der Waals surface area contributed by atoms with Crippen LogP contribution in [0, 0.1) is 0 Å². The Kier molecular flexibility index (Phi) is 6.74. The Morgan fingerprint density at radius 2 is 1.76 bits per heavy atom. The van der Waals surface area contributed by atoms with E-state index in [4.69, 9.17) is 4.74 Å². The van der Waals surface area contributed by atoms with Crippen LogP contribution in [-0.4, -0.2) is 60.7 Å². The van der Waals surface area contributed by atoms with Crippen molar-refractivity contribution in [1.82, 2.24) is 9.47 Å². The predicted molar refractivity (Wildman–Crippen MR) is 129 cm³/mol. The van der Waals surface area contributed by atoms with Crippen LogP contribution in [0.1, 0.15) is 17.3 Å². The number of para-hydroxylation sites is 1.